The third kappa shape index (κ3) is 2.93. The zero-order valence-corrected chi connectivity index (χ0v) is 13.1. The van der Waals surface area contributed by atoms with Crippen LogP contribution in [-0.4, -0.2) is 53.5 Å². The van der Waals surface area contributed by atoms with Crippen LogP contribution in [0.3, 0.4) is 0 Å². The highest BCUT2D eigenvalue weighted by molar-refractivity contribution is 7.99. The average molecular weight is 304 g/mol. The van der Waals surface area contributed by atoms with Crippen LogP contribution in [0.25, 0.3) is 0 Å². The molecule has 0 aromatic heterocycles. The first-order valence-corrected chi connectivity index (χ1v) is 8.41. The van der Waals surface area contributed by atoms with Crippen molar-refractivity contribution in [2.24, 2.45) is 0 Å². The zero-order chi connectivity index (χ0) is 14.8. The molecule has 4 nitrogen and oxygen atoms in total. The lowest BCUT2D eigenvalue weighted by Gasteiger charge is -2.24. The standard InChI is InChI=1S/C16H20N2O2S/c1-12(19)17-7-4-8-18(10-9-17)16(20)14-11-21-15-6-3-2-5-13(14)15/h2-3,5-6,14H,4,7-11H2,1H3. The first kappa shape index (κ1) is 14.4. The fourth-order valence-electron chi connectivity index (χ4n) is 3.04. The van der Waals surface area contributed by atoms with Gasteiger partial charge in [-0.1, -0.05) is 18.2 Å². The predicted octanol–water partition coefficient (Wildman–Crippen LogP) is 1.96. The third-order valence-electron chi connectivity index (χ3n) is 4.25. The molecule has 0 spiro atoms. The molecule has 0 aliphatic carbocycles. The number of benzene rings is 1. The molecule has 2 amide bonds. The van der Waals surface area contributed by atoms with Crippen LogP contribution in [0.4, 0.5) is 0 Å². The Kier molecular flexibility index (Phi) is 4.19. The minimum Gasteiger partial charge on any atom is -0.341 e. The highest BCUT2D eigenvalue weighted by Crippen LogP contribution is 2.40. The monoisotopic (exact) mass is 304 g/mol. The SMILES string of the molecule is CC(=O)N1CCCN(C(=O)C2CSc3ccccc32)CC1. The van der Waals surface area contributed by atoms with Crippen molar-refractivity contribution >= 4 is 23.6 Å². The van der Waals surface area contributed by atoms with Crippen molar-refractivity contribution in [1.82, 2.24) is 9.80 Å². The van der Waals surface area contributed by atoms with Gasteiger partial charge < -0.3 is 9.80 Å². The van der Waals surface area contributed by atoms with Gasteiger partial charge in [0, 0.05) is 43.8 Å². The van der Waals surface area contributed by atoms with Crippen molar-refractivity contribution in [3.8, 4) is 0 Å². The molecule has 3 rings (SSSR count). The highest BCUT2D eigenvalue weighted by Gasteiger charge is 2.32. The third-order valence-corrected chi connectivity index (χ3v) is 5.43. The van der Waals surface area contributed by atoms with Crippen molar-refractivity contribution < 1.29 is 9.59 Å². The molecule has 1 atom stereocenters. The molecule has 1 fully saturated rings. The Labute approximate surface area is 129 Å². The van der Waals surface area contributed by atoms with Crippen molar-refractivity contribution in [3.63, 3.8) is 0 Å². The highest BCUT2D eigenvalue weighted by atomic mass is 32.2. The summed E-state index contributed by atoms with van der Waals surface area (Å²) < 4.78 is 0. The van der Waals surface area contributed by atoms with Gasteiger partial charge in [0.1, 0.15) is 0 Å². The summed E-state index contributed by atoms with van der Waals surface area (Å²) in [5, 5.41) is 0. The van der Waals surface area contributed by atoms with E-state index in [9.17, 15) is 9.59 Å². The van der Waals surface area contributed by atoms with Gasteiger partial charge in [-0.15, -0.1) is 11.8 Å². The molecule has 0 bridgehead atoms. The van der Waals surface area contributed by atoms with Crippen LogP contribution in [0.15, 0.2) is 29.2 Å². The van der Waals surface area contributed by atoms with E-state index < -0.39 is 0 Å². The minimum atomic E-state index is -0.0184. The van der Waals surface area contributed by atoms with E-state index >= 15 is 0 Å². The van der Waals surface area contributed by atoms with Crippen LogP contribution in [-0.2, 0) is 9.59 Å². The average Bonchev–Trinajstić information content (AvgIpc) is 2.75. The zero-order valence-electron chi connectivity index (χ0n) is 12.2. The van der Waals surface area contributed by atoms with Crippen LogP contribution in [0.5, 0.6) is 0 Å². The van der Waals surface area contributed by atoms with E-state index in [-0.39, 0.29) is 17.7 Å². The van der Waals surface area contributed by atoms with Crippen molar-refractivity contribution in [1.29, 1.82) is 0 Å². The second-order valence-corrected chi connectivity index (χ2v) is 6.65. The fourth-order valence-corrected chi connectivity index (χ4v) is 4.26. The van der Waals surface area contributed by atoms with E-state index in [0.717, 1.165) is 25.3 Å². The maximum Gasteiger partial charge on any atom is 0.231 e. The minimum absolute atomic E-state index is 0.0184. The first-order chi connectivity index (χ1) is 10.2. The van der Waals surface area contributed by atoms with Crippen LogP contribution < -0.4 is 0 Å². The lowest BCUT2D eigenvalue weighted by molar-refractivity contribution is -0.133. The van der Waals surface area contributed by atoms with Gasteiger partial charge in [-0.25, -0.2) is 0 Å². The van der Waals surface area contributed by atoms with Gasteiger partial charge in [0.2, 0.25) is 11.8 Å². The molecule has 1 saturated heterocycles. The molecule has 0 saturated carbocycles. The molecular weight excluding hydrogens is 284 g/mol. The Morgan fingerprint density at radius 2 is 1.81 bits per heavy atom. The van der Waals surface area contributed by atoms with Crippen molar-refractivity contribution in [2.45, 2.75) is 24.2 Å². The fraction of sp³-hybridized carbons (Fsp3) is 0.500. The first-order valence-electron chi connectivity index (χ1n) is 7.43. The predicted molar refractivity (Wildman–Crippen MR) is 83.4 cm³/mol. The second kappa shape index (κ2) is 6.10. The Bertz CT molecular complexity index is 561. The van der Waals surface area contributed by atoms with Crippen LogP contribution in [0, 0.1) is 0 Å². The summed E-state index contributed by atoms with van der Waals surface area (Å²) in [5.41, 5.74) is 1.17. The van der Waals surface area contributed by atoms with Gasteiger partial charge in [0.25, 0.3) is 0 Å². The smallest absolute Gasteiger partial charge is 0.231 e. The van der Waals surface area contributed by atoms with E-state index in [2.05, 4.69) is 12.1 Å². The number of rotatable bonds is 1. The van der Waals surface area contributed by atoms with Crippen molar-refractivity contribution in [3.05, 3.63) is 29.8 Å². The van der Waals surface area contributed by atoms with Crippen molar-refractivity contribution in [2.75, 3.05) is 31.9 Å². The molecule has 2 heterocycles. The quantitative estimate of drug-likeness (QED) is 0.796. The van der Waals surface area contributed by atoms with Crippen LogP contribution in [0.1, 0.15) is 24.8 Å². The number of amides is 2. The number of nitrogens with zero attached hydrogens (tertiary/aromatic N) is 2. The molecule has 2 aliphatic heterocycles. The molecule has 0 radical (unpaired) electrons. The number of carbonyl (C=O) groups excluding carboxylic acids is 2. The van der Waals surface area contributed by atoms with Gasteiger partial charge in [-0.2, -0.15) is 0 Å². The molecule has 1 unspecified atom stereocenters. The molecule has 1 aromatic carbocycles. The summed E-state index contributed by atoms with van der Waals surface area (Å²) in [4.78, 5) is 29.3. The number of fused-ring (bicyclic) bond motifs is 1. The van der Waals surface area contributed by atoms with E-state index in [1.165, 1.54) is 10.5 Å². The Morgan fingerprint density at radius 3 is 2.62 bits per heavy atom. The largest absolute Gasteiger partial charge is 0.341 e. The molecule has 2 aliphatic rings. The number of hydrogen-bond acceptors (Lipinski definition) is 3. The molecular formula is C16H20N2O2S. The molecule has 112 valence electrons. The maximum absolute atomic E-state index is 12.8. The number of carbonyl (C=O) groups is 2. The van der Waals surface area contributed by atoms with Crippen LogP contribution in [0.2, 0.25) is 0 Å². The Morgan fingerprint density at radius 1 is 1.10 bits per heavy atom. The lowest BCUT2D eigenvalue weighted by atomic mass is 10.00. The normalized spacial score (nSPS) is 21.9. The number of thioether (sulfide) groups is 1. The summed E-state index contributed by atoms with van der Waals surface area (Å²) in [5.74, 6) is 1.14. The summed E-state index contributed by atoms with van der Waals surface area (Å²) in [6.07, 6.45) is 0.868. The molecule has 5 heteroatoms. The summed E-state index contributed by atoms with van der Waals surface area (Å²) in [7, 11) is 0. The van der Waals surface area contributed by atoms with Crippen LogP contribution >= 0.6 is 11.8 Å². The van der Waals surface area contributed by atoms with E-state index in [1.54, 1.807) is 18.7 Å². The van der Waals surface area contributed by atoms with Gasteiger partial charge in [-0.05, 0) is 18.1 Å². The van der Waals surface area contributed by atoms with Gasteiger partial charge >= 0.3 is 0 Å². The van der Waals surface area contributed by atoms with E-state index in [4.69, 9.17) is 0 Å². The van der Waals surface area contributed by atoms with E-state index in [0.29, 0.717) is 13.1 Å². The summed E-state index contributed by atoms with van der Waals surface area (Å²) in [6, 6.07) is 8.19. The lowest BCUT2D eigenvalue weighted by Crippen LogP contribution is -2.39. The number of hydrogen-bond donors (Lipinski definition) is 0. The van der Waals surface area contributed by atoms with Gasteiger partial charge in [0.05, 0.1) is 5.92 Å². The summed E-state index contributed by atoms with van der Waals surface area (Å²) >= 11 is 1.77. The molecule has 0 N–H and O–H groups in total. The topological polar surface area (TPSA) is 40.6 Å². The van der Waals surface area contributed by atoms with Gasteiger partial charge in [-0.3, -0.25) is 9.59 Å². The maximum atomic E-state index is 12.8. The molecule has 21 heavy (non-hydrogen) atoms. The second-order valence-electron chi connectivity index (χ2n) is 5.59. The molecule has 1 aromatic rings. The Balaban J connectivity index is 1.70. The Hall–Kier alpha value is -1.49. The summed E-state index contributed by atoms with van der Waals surface area (Å²) in [6.45, 7) is 4.42. The van der Waals surface area contributed by atoms with E-state index in [1.807, 2.05) is 21.9 Å². The van der Waals surface area contributed by atoms with Gasteiger partial charge in [0.15, 0.2) is 0 Å².